The normalized spacial score (nSPS) is 11.2. The topological polar surface area (TPSA) is 30.7 Å². The molecule has 0 spiro atoms. The lowest BCUT2D eigenvalue weighted by atomic mass is 10.2. The highest BCUT2D eigenvalue weighted by Crippen LogP contribution is 2.27. The fourth-order valence-electron chi connectivity index (χ4n) is 1.92. The molecule has 5 heteroatoms. The van der Waals surface area contributed by atoms with E-state index in [2.05, 4.69) is 35.5 Å². The largest absolute Gasteiger partial charge is 0.303 e. The van der Waals surface area contributed by atoms with Crippen LogP contribution in [0.1, 0.15) is 38.2 Å². The molecule has 2 rings (SSSR count). The van der Waals surface area contributed by atoms with E-state index in [1.54, 1.807) is 11.8 Å². The van der Waals surface area contributed by atoms with E-state index >= 15 is 0 Å². The lowest BCUT2D eigenvalue weighted by Gasteiger charge is -2.13. The van der Waals surface area contributed by atoms with Crippen LogP contribution in [0.25, 0.3) is 0 Å². The lowest BCUT2D eigenvalue weighted by Crippen LogP contribution is -2.07. The first kappa shape index (κ1) is 14.4. The Kier molecular flexibility index (Phi) is 4.88. The molecule has 0 unspecified atom stereocenters. The number of thioether (sulfide) groups is 1. The van der Waals surface area contributed by atoms with Gasteiger partial charge in [0.2, 0.25) is 0 Å². The quantitative estimate of drug-likeness (QED) is 0.768. The number of aryl methyl sites for hydroxylation is 1. The summed E-state index contributed by atoms with van der Waals surface area (Å²) in [5, 5.41) is 10.3. The Morgan fingerprint density at radius 2 is 2.00 bits per heavy atom. The molecule has 0 saturated carbocycles. The van der Waals surface area contributed by atoms with E-state index in [0.29, 0.717) is 6.04 Å². The van der Waals surface area contributed by atoms with Gasteiger partial charge in [0.05, 0.1) is 0 Å². The van der Waals surface area contributed by atoms with Crippen molar-refractivity contribution in [1.29, 1.82) is 0 Å². The molecular weight excluding hydrogens is 278 g/mol. The third-order valence-corrected chi connectivity index (χ3v) is 4.24. The van der Waals surface area contributed by atoms with Crippen molar-refractivity contribution in [2.75, 3.05) is 0 Å². The van der Waals surface area contributed by atoms with Crippen LogP contribution in [0.5, 0.6) is 0 Å². The molecule has 1 aromatic heterocycles. The van der Waals surface area contributed by atoms with Crippen LogP contribution in [0.4, 0.5) is 0 Å². The van der Waals surface area contributed by atoms with Crippen molar-refractivity contribution in [3.63, 3.8) is 0 Å². The van der Waals surface area contributed by atoms with Crippen LogP contribution in [0, 0.1) is 0 Å². The van der Waals surface area contributed by atoms with Gasteiger partial charge in [-0.05, 0) is 25.5 Å². The second-order valence-electron chi connectivity index (χ2n) is 4.60. The van der Waals surface area contributed by atoms with Gasteiger partial charge in [-0.25, -0.2) is 0 Å². The molecule has 0 aliphatic carbocycles. The Labute approximate surface area is 123 Å². The Balaban J connectivity index is 2.16. The predicted octanol–water partition coefficient (Wildman–Crippen LogP) is 4.37. The number of benzene rings is 1. The van der Waals surface area contributed by atoms with E-state index in [9.17, 15) is 0 Å². The first-order chi connectivity index (χ1) is 9.13. The summed E-state index contributed by atoms with van der Waals surface area (Å²) >= 11 is 7.85. The zero-order valence-corrected chi connectivity index (χ0v) is 13.0. The van der Waals surface area contributed by atoms with Gasteiger partial charge in [0.15, 0.2) is 5.16 Å². The van der Waals surface area contributed by atoms with Gasteiger partial charge in [-0.3, -0.25) is 0 Å². The number of nitrogens with zero attached hydrogens (tertiary/aromatic N) is 3. The fraction of sp³-hybridized carbons (Fsp3) is 0.429. The van der Waals surface area contributed by atoms with E-state index in [0.717, 1.165) is 33.7 Å². The van der Waals surface area contributed by atoms with Gasteiger partial charge in [0.1, 0.15) is 5.82 Å². The van der Waals surface area contributed by atoms with E-state index in [1.165, 1.54) is 0 Å². The van der Waals surface area contributed by atoms with Gasteiger partial charge in [0, 0.05) is 23.2 Å². The molecule has 0 aliphatic rings. The standard InChI is InChI=1S/C14H18ClN3S/c1-4-13-16-17-14(18(13)10(2)3)19-9-11-7-5-6-8-12(11)15/h5-8,10H,4,9H2,1-3H3. The molecule has 0 radical (unpaired) electrons. The zero-order chi connectivity index (χ0) is 13.8. The molecule has 0 saturated heterocycles. The maximum absolute atomic E-state index is 6.17. The van der Waals surface area contributed by atoms with E-state index in [1.807, 2.05) is 24.3 Å². The third kappa shape index (κ3) is 3.31. The Morgan fingerprint density at radius 3 is 2.63 bits per heavy atom. The van der Waals surface area contributed by atoms with Crippen molar-refractivity contribution < 1.29 is 0 Å². The molecule has 3 nitrogen and oxygen atoms in total. The summed E-state index contributed by atoms with van der Waals surface area (Å²) in [7, 11) is 0. The number of hydrogen-bond donors (Lipinski definition) is 0. The average Bonchev–Trinajstić information content (AvgIpc) is 2.81. The van der Waals surface area contributed by atoms with Crippen LogP contribution >= 0.6 is 23.4 Å². The van der Waals surface area contributed by atoms with Crippen molar-refractivity contribution in [2.45, 2.75) is 44.1 Å². The molecule has 0 fully saturated rings. The van der Waals surface area contributed by atoms with Gasteiger partial charge < -0.3 is 4.57 Å². The second kappa shape index (κ2) is 6.44. The molecule has 0 aliphatic heterocycles. The van der Waals surface area contributed by atoms with Crippen molar-refractivity contribution in [3.8, 4) is 0 Å². The van der Waals surface area contributed by atoms with Gasteiger partial charge in [-0.15, -0.1) is 10.2 Å². The molecule has 0 atom stereocenters. The van der Waals surface area contributed by atoms with Gasteiger partial charge in [-0.2, -0.15) is 0 Å². The Morgan fingerprint density at radius 1 is 1.26 bits per heavy atom. The highest BCUT2D eigenvalue weighted by molar-refractivity contribution is 7.98. The zero-order valence-electron chi connectivity index (χ0n) is 11.4. The summed E-state index contributed by atoms with van der Waals surface area (Å²) < 4.78 is 2.20. The Hall–Kier alpha value is -1.00. The van der Waals surface area contributed by atoms with Crippen LogP contribution in [0.2, 0.25) is 5.02 Å². The molecule has 1 aromatic carbocycles. The second-order valence-corrected chi connectivity index (χ2v) is 5.95. The van der Waals surface area contributed by atoms with Gasteiger partial charge >= 0.3 is 0 Å². The van der Waals surface area contributed by atoms with E-state index < -0.39 is 0 Å². The summed E-state index contributed by atoms with van der Waals surface area (Å²) in [5.41, 5.74) is 1.13. The SMILES string of the molecule is CCc1nnc(SCc2ccccc2Cl)n1C(C)C. The van der Waals surface area contributed by atoms with Crippen molar-refractivity contribution >= 4 is 23.4 Å². The smallest absolute Gasteiger partial charge is 0.191 e. The molecule has 19 heavy (non-hydrogen) atoms. The fourth-order valence-corrected chi connectivity index (χ4v) is 3.30. The minimum absolute atomic E-state index is 0.374. The first-order valence-electron chi connectivity index (χ1n) is 6.43. The third-order valence-electron chi connectivity index (χ3n) is 2.88. The summed E-state index contributed by atoms with van der Waals surface area (Å²) in [6.45, 7) is 6.41. The van der Waals surface area contributed by atoms with Crippen molar-refractivity contribution in [3.05, 3.63) is 40.7 Å². The van der Waals surface area contributed by atoms with Crippen LogP contribution in [0.3, 0.4) is 0 Å². The maximum Gasteiger partial charge on any atom is 0.191 e. The van der Waals surface area contributed by atoms with Crippen LogP contribution < -0.4 is 0 Å². The summed E-state index contributed by atoms with van der Waals surface area (Å²) in [6, 6.07) is 8.29. The van der Waals surface area contributed by atoms with Crippen molar-refractivity contribution in [1.82, 2.24) is 14.8 Å². The summed E-state index contributed by atoms with van der Waals surface area (Å²) in [5.74, 6) is 1.85. The van der Waals surface area contributed by atoms with Crippen LogP contribution in [-0.4, -0.2) is 14.8 Å². The minimum atomic E-state index is 0.374. The van der Waals surface area contributed by atoms with Crippen LogP contribution in [-0.2, 0) is 12.2 Å². The maximum atomic E-state index is 6.17. The molecule has 0 bridgehead atoms. The van der Waals surface area contributed by atoms with Gasteiger partial charge in [-0.1, -0.05) is 48.5 Å². The molecule has 0 N–H and O–H groups in total. The average molecular weight is 296 g/mol. The summed E-state index contributed by atoms with van der Waals surface area (Å²) in [6.07, 6.45) is 0.901. The number of rotatable bonds is 5. The minimum Gasteiger partial charge on any atom is -0.303 e. The highest BCUT2D eigenvalue weighted by Gasteiger charge is 2.14. The monoisotopic (exact) mass is 295 g/mol. The van der Waals surface area contributed by atoms with E-state index in [4.69, 9.17) is 11.6 Å². The highest BCUT2D eigenvalue weighted by atomic mass is 35.5. The van der Waals surface area contributed by atoms with Crippen LogP contribution in [0.15, 0.2) is 29.4 Å². The number of hydrogen-bond acceptors (Lipinski definition) is 3. The predicted molar refractivity (Wildman–Crippen MR) is 80.8 cm³/mol. The number of halogens is 1. The molecule has 0 amide bonds. The van der Waals surface area contributed by atoms with Gasteiger partial charge in [0.25, 0.3) is 0 Å². The lowest BCUT2D eigenvalue weighted by molar-refractivity contribution is 0.528. The molecule has 1 heterocycles. The molecular formula is C14H18ClN3S. The summed E-state index contributed by atoms with van der Waals surface area (Å²) in [4.78, 5) is 0. The first-order valence-corrected chi connectivity index (χ1v) is 7.79. The molecule has 2 aromatic rings. The van der Waals surface area contributed by atoms with E-state index in [-0.39, 0.29) is 0 Å². The van der Waals surface area contributed by atoms with Crippen molar-refractivity contribution in [2.24, 2.45) is 0 Å². The Bertz CT molecular complexity index is 551. The molecule has 102 valence electrons. The number of aromatic nitrogens is 3.